The van der Waals surface area contributed by atoms with Crippen LogP contribution in [0.4, 0.5) is 10.2 Å². The molecule has 0 fully saturated rings. The van der Waals surface area contributed by atoms with Gasteiger partial charge < -0.3 is 20.1 Å². The van der Waals surface area contributed by atoms with E-state index in [0.717, 1.165) is 16.8 Å². The molecule has 1 aliphatic heterocycles. The standard InChI is InChI=1S/C26H26FN5O2/c1-16-10-20(15-29-16)32-25-12-21(8-9-28-25)34-24-7-5-6-22(17(24)2)18(3)30-13-19-11-23(27)26(33-4)31-14-19/h5-12,14-16,30H,3,13H2,1-2,4H3,(H,28,32). The number of halogens is 1. The van der Waals surface area contributed by atoms with E-state index in [4.69, 9.17) is 9.47 Å². The van der Waals surface area contributed by atoms with Crippen LogP contribution in [0.3, 0.4) is 0 Å². The summed E-state index contributed by atoms with van der Waals surface area (Å²) in [6.45, 7) is 8.49. The van der Waals surface area contributed by atoms with Gasteiger partial charge in [0.15, 0.2) is 5.82 Å². The number of pyridine rings is 2. The van der Waals surface area contributed by atoms with Gasteiger partial charge in [0.2, 0.25) is 5.88 Å². The Bertz CT molecular complexity index is 1270. The number of ether oxygens (including phenoxy) is 2. The number of hydrogen-bond donors (Lipinski definition) is 2. The maximum Gasteiger partial charge on any atom is 0.250 e. The minimum absolute atomic E-state index is 0.0274. The van der Waals surface area contributed by atoms with Gasteiger partial charge >= 0.3 is 0 Å². The molecular weight excluding hydrogens is 433 g/mol. The Hall–Kier alpha value is -4.20. The molecule has 1 aliphatic rings. The Morgan fingerprint density at radius 1 is 1.21 bits per heavy atom. The fraction of sp³-hybridized carbons (Fsp3) is 0.192. The Morgan fingerprint density at radius 2 is 2.06 bits per heavy atom. The highest BCUT2D eigenvalue weighted by Crippen LogP contribution is 2.30. The number of hydrogen-bond acceptors (Lipinski definition) is 7. The predicted octanol–water partition coefficient (Wildman–Crippen LogP) is 5.25. The number of nitrogens with one attached hydrogen (secondary N) is 2. The van der Waals surface area contributed by atoms with E-state index >= 15 is 0 Å². The number of anilines is 1. The van der Waals surface area contributed by atoms with E-state index in [1.54, 1.807) is 24.7 Å². The Labute approximate surface area is 198 Å². The average molecular weight is 460 g/mol. The molecule has 2 aromatic heterocycles. The first kappa shape index (κ1) is 23.0. The van der Waals surface area contributed by atoms with E-state index < -0.39 is 5.82 Å². The van der Waals surface area contributed by atoms with Crippen molar-refractivity contribution in [1.82, 2.24) is 15.3 Å². The number of rotatable bonds is 9. The van der Waals surface area contributed by atoms with Crippen molar-refractivity contribution in [1.29, 1.82) is 0 Å². The summed E-state index contributed by atoms with van der Waals surface area (Å²) in [4.78, 5) is 12.6. The van der Waals surface area contributed by atoms with Crippen molar-refractivity contribution >= 4 is 17.7 Å². The van der Waals surface area contributed by atoms with Gasteiger partial charge in [-0.3, -0.25) is 4.99 Å². The summed E-state index contributed by atoms with van der Waals surface area (Å²) in [5.74, 6) is 1.49. The number of aromatic nitrogens is 2. The highest BCUT2D eigenvalue weighted by molar-refractivity contribution is 5.85. The smallest absolute Gasteiger partial charge is 0.250 e. The second-order valence-corrected chi connectivity index (χ2v) is 7.84. The van der Waals surface area contributed by atoms with Crippen LogP contribution < -0.4 is 20.1 Å². The summed E-state index contributed by atoms with van der Waals surface area (Å²) >= 11 is 0. The van der Waals surface area contributed by atoms with Crippen LogP contribution in [0.15, 0.2) is 72.1 Å². The summed E-state index contributed by atoms with van der Waals surface area (Å²) in [6, 6.07) is 10.9. The molecule has 0 radical (unpaired) electrons. The van der Waals surface area contributed by atoms with Gasteiger partial charge in [0.05, 0.1) is 18.8 Å². The van der Waals surface area contributed by atoms with Gasteiger partial charge in [0, 0.05) is 48.0 Å². The molecule has 0 amide bonds. The van der Waals surface area contributed by atoms with Crippen molar-refractivity contribution in [3.8, 4) is 17.4 Å². The molecule has 0 saturated heterocycles. The van der Waals surface area contributed by atoms with Crippen molar-refractivity contribution < 1.29 is 13.9 Å². The van der Waals surface area contributed by atoms with Crippen LogP contribution in [-0.4, -0.2) is 29.3 Å². The van der Waals surface area contributed by atoms with Gasteiger partial charge in [-0.15, -0.1) is 0 Å². The van der Waals surface area contributed by atoms with E-state index in [2.05, 4.69) is 32.2 Å². The summed E-state index contributed by atoms with van der Waals surface area (Å²) in [5, 5.41) is 6.47. The Morgan fingerprint density at radius 3 is 2.79 bits per heavy atom. The van der Waals surface area contributed by atoms with Crippen molar-refractivity contribution in [3.05, 3.63) is 89.7 Å². The molecule has 1 aromatic carbocycles. The van der Waals surface area contributed by atoms with Crippen LogP contribution in [0.5, 0.6) is 17.4 Å². The highest BCUT2D eigenvalue weighted by atomic mass is 19.1. The van der Waals surface area contributed by atoms with Gasteiger partial charge in [-0.25, -0.2) is 14.4 Å². The molecule has 0 bridgehead atoms. The zero-order valence-electron chi connectivity index (χ0n) is 19.3. The lowest BCUT2D eigenvalue weighted by molar-refractivity contribution is 0.368. The van der Waals surface area contributed by atoms with E-state index in [1.807, 2.05) is 44.2 Å². The van der Waals surface area contributed by atoms with E-state index in [1.165, 1.54) is 13.2 Å². The Balaban J connectivity index is 1.44. The fourth-order valence-electron chi connectivity index (χ4n) is 3.50. The zero-order valence-corrected chi connectivity index (χ0v) is 19.3. The minimum atomic E-state index is -0.504. The first-order valence-electron chi connectivity index (χ1n) is 10.8. The monoisotopic (exact) mass is 459 g/mol. The second-order valence-electron chi connectivity index (χ2n) is 7.84. The fourth-order valence-corrected chi connectivity index (χ4v) is 3.50. The molecular formula is C26H26FN5O2. The molecule has 3 aromatic rings. The maximum absolute atomic E-state index is 13.9. The molecule has 0 aliphatic carbocycles. The molecule has 34 heavy (non-hydrogen) atoms. The molecule has 8 heteroatoms. The zero-order chi connectivity index (χ0) is 24.1. The van der Waals surface area contributed by atoms with Crippen LogP contribution in [-0.2, 0) is 6.54 Å². The lowest BCUT2D eigenvalue weighted by atomic mass is 10.1. The van der Waals surface area contributed by atoms with Crippen molar-refractivity contribution in [2.45, 2.75) is 26.4 Å². The van der Waals surface area contributed by atoms with Crippen LogP contribution >= 0.6 is 0 Å². The van der Waals surface area contributed by atoms with Crippen molar-refractivity contribution in [2.75, 3.05) is 12.4 Å². The maximum atomic E-state index is 13.9. The number of allylic oxidation sites excluding steroid dienone is 1. The van der Waals surface area contributed by atoms with Crippen molar-refractivity contribution in [2.24, 2.45) is 4.99 Å². The second kappa shape index (κ2) is 10.2. The summed E-state index contributed by atoms with van der Waals surface area (Å²) < 4.78 is 24.9. The largest absolute Gasteiger partial charge is 0.479 e. The predicted molar refractivity (Wildman–Crippen MR) is 132 cm³/mol. The lowest BCUT2D eigenvalue weighted by Gasteiger charge is -2.16. The molecule has 1 atom stereocenters. The summed E-state index contributed by atoms with van der Waals surface area (Å²) in [6.07, 6.45) is 7.08. The first-order valence-corrected chi connectivity index (χ1v) is 10.8. The number of methoxy groups -OCH3 is 1. The third-order valence-electron chi connectivity index (χ3n) is 5.27. The van der Waals surface area contributed by atoms with Crippen molar-refractivity contribution in [3.63, 3.8) is 0 Å². The minimum Gasteiger partial charge on any atom is -0.479 e. The summed E-state index contributed by atoms with van der Waals surface area (Å²) in [5.41, 5.74) is 4.10. The van der Waals surface area contributed by atoms with E-state index in [0.29, 0.717) is 35.1 Å². The lowest BCUT2D eigenvalue weighted by Crippen LogP contribution is -2.12. The molecule has 0 spiro atoms. The third-order valence-corrected chi connectivity index (χ3v) is 5.27. The normalized spacial score (nSPS) is 14.5. The molecule has 4 rings (SSSR count). The van der Waals surface area contributed by atoms with Crippen LogP contribution in [0.25, 0.3) is 5.70 Å². The van der Waals surface area contributed by atoms with Crippen LogP contribution in [0.1, 0.15) is 23.6 Å². The molecule has 2 N–H and O–H groups in total. The molecule has 174 valence electrons. The van der Waals surface area contributed by atoms with Gasteiger partial charge in [0.25, 0.3) is 0 Å². The van der Waals surface area contributed by atoms with Gasteiger partial charge in [-0.1, -0.05) is 18.7 Å². The molecule has 7 nitrogen and oxygen atoms in total. The number of nitrogens with zero attached hydrogens (tertiary/aromatic N) is 3. The molecule has 0 saturated carbocycles. The third kappa shape index (κ3) is 5.40. The van der Waals surface area contributed by atoms with Gasteiger partial charge in [-0.2, -0.15) is 0 Å². The van der Waals surface area contributed by atoms with Crippen LogP contribution in [0.2, 0.25) is 0 Å². The Kier molecular flexibility index (Phi) is 6.87. The molecule has 1 unspecified atom stereocenters. The van der Waals surface area contributed by atoms with E-state index in [9.17, 15) is 4.39 Å². The van der Waals surface area contributed by atoms with E-state index in [-0.39, 0.29) is 11.9 Å². The SMILES string of the molecule is C=C(NCc1cnc(OC)c(F)c1)c1cccc(Oc2ccnc(NC3=CC(C)N=C3)c2)c1C. The highest BCUT2D eigenvalue weighted by Gasteiger charge is 2.12. The van der Waals surface area contributed by atoms with Gasteiger partial charge in [-0.05, 0) is 43.7 Å². The average Bonchev–Trinajstić information content (AvgIpc) is 3.23. The van der Waals surface area contributed by atoms with Crippen LogP contribution in [0, 0.1) is 12.7 Å². The molecule has 3 heterocycles. The number of aliphatic imine (C=N–C) groups is 1. The van der Waals surface area contributed by atoms with Gasteiger partial charge in [0.1, 0.15) is 17.3 Å². The quantitative estimate of drug-likeness (QED) is 0.455. The first-order chi connectivity index (χ1) is 16.4. The number of benzene rings is 1. The topological polar surface area (TPSA) is 80.7 Å². The summed E-state index contributed by atoms with van der Waals surface area (Å²) in [7, 11) is 1.38.